The lowest BCUT2D eigenvalue weighted by Gasteiger charge is -2.38. The van der Waals surface area contributed by atoms with Gasteiger partial charge in [-0.25, -0.2) is 0 Å². The second-order valence-electron chi connectivity index (χ2n) is 7.44. The standard InChI is InChI=1S/C20H26N4O2/c1-12-4-5-13(2)15(8-12)18-10-24(14(3)11-26-18)20(25)19-16-9-21-7-6-17(16)22-23-19/h4-5,8,14,18,21H,6-7,9-11H2,1-3H3,(H,22,23). The van der Waals surface area contributed by atoms with E-state index in [0.29, 0.717) is 25.4 Å². The maximum Gasteiger partial charge on any atom is 0.275 e. The number of aryl methyl sites for hydroxylation is 2. The van der Waals surface area contributed by atoms with Crippen molar-refractivity contribution in [3.63, 3.8) is 0 Å². The van der Waals surface area contributed by atoms with E-state index >= 15 is 0 Å². The van der Waals surface area contributed by atoms with E-state index in [4.69, 9.17) is 4.74 Å². The Balaban J connectivity index is 1.60. The van der Waals surface area contributed by atoms with Crippen molar-refractivity contribution in [3.05, 3.63) is 51.8 Å². The van der Waals surface area contributed by atoms with Gasteiger partial charge < -0.3 is 15.0 Å². The molecule has 0 bridgehead atoms. The molecular weight excluding hydrogens is 328 g/mol. The number of amides is 1. The van der Waals surface area contributed by atoms with Gasteiger partial charge in [-0.2, -0.15) is 5.10 Å². The van der Waals surface area contributed by atoms with Crippen LogP contribution in [-0.2, 0) is 17.7 Å². The van der Waals surface area contributed by atoms with Gasteiger partial charge >= 0.3 is 0 Å². The number of ether oxygens (including phenoxy) is 1. The van der Waals surface area contributed by atoms with Crippen molar-refractivity contribution < 1.29 is 9.53 Å². The van der Waals surface area contributed by atoms with Crippen LogP contribution in [0.3, 0.4) is 0 Å². The minimum absolute atomic E-state index is 0.00249. The molecule has 0 aliphatic carbocycles. The second-order valence-corrected chi connectivity index (χ2v) is 7.44. The van der Waals surface area contributed by atoms with Crippen LogP contribution in [0.2, 0.25) is 0 Å². The predicted molar refractivity (Wildman–Crippen MR) is 99.1 cm³/mol. The zero-order valence-electron chi connectivity index (χ0n) is 15.6. The summed E-state index contributed by atoms with van der Waals surface area (Å²) in [6.07, 6.45) is 0.794. The fourth-order valence-corrected chi connectivity index (χ4v) is 3.87. The third-order valence-electron chi connectivity index (χ3n) is 5.48. The number of hydrogen-bond donors (Lipinski definition) is 2. The molecule has 2 aromatic rings. The Morgan fingerprint density at radius 2 is 2.19 bits per heavy atom. The second kappa shape index (κ2) is 6.85. The highest BCUT2D eigenvalue weighted by molar-refractivity contribution is 5.94. The van der Waals surface area contributed by atoms with Crippen molar-refractivity contribution in [3.8, 4) is 0 Å². The van der Waals surface area contributed by atoms with Crippen LogP contribution in [0.1, 0.15) is 51.5 Å². The molecule has 0 spiro atoms. The summed E-state index contributed by atoms with van der Waals surface area (Å²) < 4.78 is 6.09. The van der Waals surface area contributed by atoms with Crippen LogP contribution in [0.4, 0.5) is 0 Å². The number of carbonyl (C=O) groups is 1. The van der Waals surface area contributed by atoms with E-state index in [-0.39, 0.29) is 18.1 Å². The van der Waals surface area contributed by atoms with E-state index < -0.39 is 0 Å². The Morgan fingerprint density at radius 3 is 3.04 bits per heavy atom. The van der Waals surface area contributed by atoms with E-state index in [1.807, 2.05) is 11.8 Å². The van der Waals surface area contributed by atoms with E-state index in [1.165, 1.54) is 16.7 Å². The Morgan fingerprint density at radius 1 is 1.35 bits per heavy atom. The van der Waals surface area contributed by atoms with Crippen molar-refractivity contribution in [2.24, 2.45) is 0 Å². The zero-order chi connectivity index (χ0) is 18.3. The molecule has 138 valence electrons. The minimum Gasteiger partial charge on any atom is -0.370 e. The van der Waals surface area contributed by atoms with E-state index in [9.17, 15) is 4.79 Å². The summed E-state index contributed by atoms with van der Waals surface area (Å²) in [7, 11) is 0. The highest BCUT2D eigenvalue weighted by Crippen LogP contribution is 2.29. The first-order valence-corrected chi connectivity index (χ1v) is 9.31. The van der Waals surface area contributed by atoms with Crippen LogP contribution in [0, 0.1) is 13.8 Å². The topological polar surface area (TPSA) is 70.2 Å². The summed E-state index contributed by atoms with van der Waals surface area (Å²) >= 11 is 0. The van der Waals surface area contributed by atoms with Crippen LogP contribution >= 0.6 is 0 Å². The highest BCUT2D eigenvalue weighted by Gasteiger charge is 2.34. The number of fused-ring (bicyclic) bond motifs is 1. The van der Waals surface area contributed by atoms with Crippen LogP contribution in [0.15, 0.2) is 18.2 Å². The van der Waals surface area contributed by atoms with Gasteiger partial charge in [0.15, 0.2) is 5.69 Å². The largest absolute Gasteiger partial charge is 0.370 e. The summed E-state index contributed by atoms with van der Waals surface area (Å²) in [5.41, 5.74) is 6.23. The lowest BCUT2D eigenvalue weighted by atomic mass is 9.98. The monoisotopic (exact) mass is 354 g/mol. The number of hydrogen-bond acceptors (Lipinski definition) is 4. The van der Waals surface area contributed by atoms with E-state index in [0.717, 1.165) is 24.2 Å². The Kier molecular flexibility index (Phi) is 4.54. The molecule has 0 radical (unpaired) electrons. The van der Waals surface area contributed by atoms with Gasteiger partial charge in [0.1, 0.15) is 6.10 Å². The van der Waals surface area contributed by atoms with Gasteiger partial charge in [-0.05, 0) is 31.9 Å². The molecule has 1 aromatic heterocycles. The number of nitrogens with zero attached hydrogens (tertiary/aromatic N) is 2. The average molecular weight is 354 g/mol. The fourth-order valence-electron chi connectivity index (χ4n) is 3.87. The van der Waals surface area contributed by atoms with Gasteiger partial charge in [0.25, 0.3) is 5.91 Å². The minimum atomic E-state index is -0.0945. The molecule has 2 N–H and O–H groups in total. The summed E-state index contributed by atoms with van der Waals surface area (Å²) in [6, 6.07) is 6.43. The molecule has 6 nitrogen and oxygen atoms in total. The van der Waals surface area contributed by atoms with Gasteiger partial charge in [0.2, 0.25) is 0 Å². The lowest BCUT2D eigenvalue weighted by molar-refractivity contribution is -0.0491. The van der Waals surface area contributed by atoms with E-state index in [1.54, 1.807) is 0 Å². The molecule has 2 unspecified atom stereocenters. The molecule has 1 amide bonds. The van der Waals surface area contributed by atoms with Crippen molar-refractivity contribution in [1.82, 2.24) is 20.4 Å². The molecule has 1 fully saturated rings. The number of morpholine rings is 1. The highest BCUT2D eigenvalue weighted by atomic mass is 16.5. The molecule has 0 saturated carbocycles. The molecule has 2 aliphatic heterocycles. The van der Waals surface area contributed by atoms with Crippen molar-refractivity contribution in [2.45, 2.75) is 45.9 Å². The molecule has 1 aromatic carbocycles. The van der Waals surface area contributed by atoms with Crippen LogP contribution in [-0.4, -0.2) is 46.7 Å². The molecular formula is C20H26N4O2. The quantitative estimate of drug-likeness (QED) is 0.868. The van der Waals surface area contributed by atoms with Crippen molar-refractivity contribution in [2.75, 3.05) is 19.7 Å². The van der Waals surface area contributed by atoms with Crippen LogP contribution < -0.4 is 5.32 Å². The van der Waals surface area contributed by atoms with Gasteiger partial charge in [-0.1, -0.05) is 23.8 Å². The van der Waals surface area contributed by atoms with Crippen LogP contribution in [0.25, 0.3) is 0 Å². The molecule has 26 heavy (non-hydrogen) atoms. The molecule has 4 rings (SSSR count). The van der Waals surface area contributed by atoms with Gasteiger partial charge in [-0.15, -0.1) is 0 Å². The number of nitrogens with one attached hydrogen (secondary N) is 2. The number of benzene rings is 1. The third kappa shape index (κ3) is 3.04. The molecule has 6 heteroatoms. The Bertz CT molecular complexity index is 829. The molecule has 2 aliphatic rings. The fraction of sp³-hybridized carbons (Fsp3) is 0.500. The number of aromatic amines is 1. The Hall–Kier alpha value is -2.18. The molecule has 1 saturated heterocycles. The number of carbonyl (C=O) groups excluding carboxylic acids is 1. The number of H-pyrrole nitrogens is 1. The van der Waals surface area contributed by atoms with Crippen LogP contribution in [0.5, 0.6) is 0 Å². The summed E-state index contributed by atoms with van der Waals surface area (Å²) in [5, 5.41) is 10.7. The van der Waals surface area contributed by atoms with E-state index in [2.05, 4.69) is 47.6 Å². The first kappa shape index (κ1) is 17.2. The SMILES string of the molecule is Cc1ccc(C)c(C2CN(C(=O)c3n[nH]c4c3CNCC4)C(C)CO2)c1. The third-order valence-corrected chi connectivity index (χ3v) is 5.48. The van der Waals surface area contributed by atoms with Crippen molar-refractivity contribution >= 4 is 5.91 Å². The van der Waals surface area contributed by atoms with Gasteiger partial charge in [-0.3, -0.25) is 9.89 Å². The number of aromatic nitrogens is 2. The smallest absolute Gasteiger partial charge is 0.275 e. The molecule has 3 heterocycles. The first-order valence-electron chi connectivity index (χ1n) is 9.31. The number of rotatable bonds is 2. The average Bonchev–Trinajstić information content (AvgIpc) is 3.08. The maximum absolute atomic E-state index is 13.2. The summed E-state index contributed by atoms with van der Waals surface area (Å²) in [4.78, 5) is 15.1. The zero-order valence-corrected chi connectivity index (χ0v) is 15.6. The summed E-state index contributed by atoms with van der Waals surface area (Å²) in [6.45, 7) is 8.93. The van der Waals surface area contributed by atoms with Gasteiger partial charge in [0, 0.05) is 30.8 Å². The first-order chi connectivity index (χ1) is 12.5. The van der Waals surface area contributed by atoms with Gasteiger partial charge in [0.05, 0.1) is 19.2 Å². The lowest BCUT2D eigenvalue weighted by Crippen LogP contribution is -2.48. The molecule has 2 atom stereocenters. The van der Waals surface area contributed by atoms with Crippen molar-refractivity contribution in [1.29, 1.82) is 0 Å². The predicted octanol–water partition coefficient (Wildman–Crippen LogP) is 2.27. The Labute approximate surface area is 153 Å². The summed E-state index contributed by atoms with van der Waals surface area (Å²) in [5.74, 6) is -0.00249. The normalized spacial score (nSPS) is 23.0. The maximum atomic E-state index is 13.2.